The van der Waals surface area contributed by atoms with Crippen LogP contribution in [-0.2, 0) is 24.7 Å². The zero-order valence-electron chi connectivity index (χ0n) is 16.8. The van der Waals surface area contributed by atoms with Crippen molar-refractivity contribution < 1.29 is 24.3 Å². The summed E-state index contributed by atoms with van der Waals surface area (Å²) in [6.45, 7) is 0. The van der Waals surface area contributed by atoms with Gasteiger partial charge in [0.15, 0.2) is 0 Å². The van der Waals surface area contributed by atoms with E-state index >= 15 is 0 Å². The first-order valence-corrected chi connectivity index (χ1v) is 10.2. The van der Waals surface area contributed by atoms with Gasteiger partial charge < -0.3 is 10.0 Å². The highest BCUT2D eigenvalue weighted by Crippen LogP contribution is 2.55. The topological polar surface area (TPSA) is 107 Å². The Morgan fingerprint density at radius 2 is 1.71 bits per heavy atom. The third-order valence-corrected chi connectivity index (χ3v) is 6.68. The number of benzene rings is 2. The second-order valence-electron chi connectivity index (χ2n) is 8.22. The smallest absolute Gasteiger partial charge is 0.303 e. The summed E-state index contributed by atoms with van der Waals surface area (Å²) in [4.78, 5) is 54.6. The van der Waals surface area contributed by atoms with E-state index in [2.05, 4.69) is 5.32 Å². The van der Waals surface area contributed by atoms with E-state index in [1.807, 2.05) is 6.07 Å². The molecule has 31 heavy (non-hydrogen) atoms. The number of nitrogens with one attached hydrogen (secondary N) is 1. The number of likely N-dealkylation sites (N-methyl/N-ethyl adjacent to an activating group) is 1. The third-order valence-electron chi connectivity index (χ3n) is 6.68. The molecule has 8 heteroatoms. The number of carbonyl (C=O) groups excluding carboxylic acids is 3. The van der Waals surface area contributed by atoms with Crippen LogP contribution in [0.4, 0.5) is 11.4 Å². The Bertz CT molecular complexity index is 1120. The molecule has 0 unspecified atom stereocenters. The molecule has 0 aromatic heterocycles. The first-order valence-electron chi connectivity index (χ1n) is 10.2. The zero-order chi connectivity index (χ0) is 21.9. The lowest BCUT2D eigenvalue weighted by Gasteiger charge is -2.30. The van der Waals surface area contributed by atoms with Crippen LogP contribution in [0.25, 0.3) is 0 Å². The van der Waals surface area contributed by atoms with Crippen LogP contribution in [0.15, 0.2) is 54.6 Å². The predicted octanol–water partition coefficient (Wildman–Crippen LogP) is 1.50. The normalized spacial score (nSPS) is 29.1. The Balaban J connectivity index is 1.67. The maximum atomic E-state index is 13.7. The van der Waals surface area contributed by atoms with E-state index in [9.17, 15) is 24.3 Å². The molecule has 0 bridgehead atoms. The largest absolute Gasteiger partial charge is 0.481 e. The van der Waals surface area contributed by atoms with E-state index in [1.54, 1.807) is 55.6 Å². The van der Waals surface area contributed by atoms with Gasteiger partial charge in [-0.05, 0) is 24.6 Å². The number of aliphatic carboxylic acids is 1. The van der Waals surface area contributed by atoms with Crippen molar-refractivity contribution in [1.29, 1.82) is 0 Å². The standard InChI is InChI=1S/C23H21N3O5/c1-25-16-10-6-5-9-14(16)23(22(25)31)19-18(15(24-23)11-12-17(27)28)20(29)26(21(19)30)13-7-3-2-4-8-13/h2-10,15,18-19,24H,11-12H2,1H3,(H,27,28)/t15-,18+,19+,23+/m1/s1. The number of amides is 3. The molecule has 5 rings (SSSR count). The fourth-order valence-corrected chi connectivity index (χ4v) is 5.41. The van der Waals surface area contributed by atoms with E-state index in [4.69, 9.17) is 0 Å². The molecule has 1 spiro atoms. The molecule has 158 valence electrons. The highest BCUT2D eigenvalue weighted by atomic mass is 16.4. The minimum atomic E-state index is -1.39. The summed E-state index contributed by atoms with van der Waals surface area (Å²) in [6, 6.07) is 15.2. The van der Waals surface area contributed by atoms with E-state index in [0.717, 1.165) is 4.90 Å². The molecular weight excluding hydrogens is 398 g/mol. The first kappa shape index (κ1) is 19.4. The molecule has 3 aliphatic rings. The number of carbonyl (C=O) groups is 4. The Morgan fingerprint density at radius 3 is 2.42 bits per heavy atom. The summed E-state index contributed by atoms with van der Waals surface area (Å²) >= 11 is 0. The molecule has 2 fully saturated rings. The van der Waals surface area contributed by atoms with Crippen LogP contribution in [0.2, 0.25) is 0 Å². The van der Waals surface area contributed by atoms with Gasteiger partial charge in [0.2, 0.25) is 11.8 Å². The maximum absolute atomic E-state index is 13.7. The van der Waals surface area contributed by atoms with Crippen LogP contribution in [-0.4, -0.2) is 41.9 Å². The van der Waals surface area contributed by atoms with Crippen LogP contribution in [0.3, 0.4) is 0 Å². The van der Waals surface area contributed by atoms with Gasteiger partial charge in [0, 0.05) is 30.8 Å². The summed E-state index contributed by atoms with van der Waals surface area (Å²) < 4.78 is 0. The molecule has 4 atom stereocenters. The Kier molecular flexibility index (Phi) is 4.23. The number of fused-ring (bicyclic) bond motifs is 4. The first-order chi connectivity index (χ1) is 14.9. The van der Waals surface area contributed by atoms with Crippen LogP contribution < -0.4 is 15.1 Å². The third kappa shape index (κ3) is 2.51. The van der Waals surface area contributed by atoms with Gasteiger partial charge in [-0.25, -0.2) is 4.90 Å². The highest BCUT2D eigenvalue weighted by molar-refractivity contribution is 6.26. The van der Waals surface area contributed by atoms with E-state index in [0.29, 0.717) is 16.9 Å². The Hall–Kier alpha value is -3.52. The SMILES string of the molecule is CN1C(=O)[C@]2(N[C@H](CCC(=O)O)[C@@H]3C(=O)N(c4ccccc4)C(=O)[C@H]32)c2ccccc21. The molecule has 8 nitrogen and oxygen atoms in total. The number of rotatable bonds is 4. The van der Waals surface area contributed by atoms with Gasteiger partial charge >= 0.3 is 5.97 Å². The van der Waals surface area contributed by atoms with E-state index in [-0.39, 0.29) is 18.7 Å². The summed E-state index contributed by atoms with van der Waals surface area (Å²) in [7, 11) is 1.65. The minimum absolute atomic E-state index is 0.138. The fourth-order valence-electron chi connectivity index (χ4n) is 5.41. The van der Waals surface area contributed by atoms with Crippen molar-refractivity contribution in [1.82, 2.24) is 5.32 Å². The lowest BCUT2D eigenvalue weighted by atomic mass is 9.76. The number of carboxylic acids is 1. The van der Waals surface area contributed by atoms with Gasteiger partial charge in [-0.15, -0.1) is 0 Å². The number of nitrogens with zero attached hydrogens (tertiary/aromatic N) is 2. The van der Waals surface area contributed by atoms with Gasteiger partial charge in [-0.1, -0.05) is 36.4 Å². The van der Waals surface area contributed by atoms with Crippen molar-refractivity contribution in [2.24, 2.45) is 11.8 Å². The second-order valence-corrected chi connectivity index (χ2v) is 8.22. The number of anilines is 2. The average Bonchev–Trinajstić information content (AvgIpc) is 3.32. The summed E-state index contributed by atoms with van der Waals surface area (Å²) in [6.07, 6.45) is -0.0332. The lowest BCUT2D eigenvalue weighted by Crippen LogP contribution is -2.54. The molecule has 0 radical (unpaired) electrons. The fraction of sp³-hybridized carbons (Fsp3) is 0.304. The number of carboxylic acid groups (broad SMARTS) is 1. The zero-order valence-corrected chi connectivity index (χ0v) is 16.8. The van der Waals surface area contributed by atoms with Gasteiger partial charge in [-0.3, -0.25) is 24.5 Å². The predicted molar refractivity (Wildman–Crippen MR) is 111 cm³/mol. The van der Waals surface area contributed by atoms with Crippen LogP contribution in [0.1, 0.15) is 18.4 Å². The second kappa shape index (κ2) is 6.75. The number of hydrogen-bond donors (Lipinski definition) is 2. The molecule has 2 aromatic rings. The van der Waals surface area contributed by atoms with E-state index < -0.39 is 41.2 Å². The molecule has 3 amide bonds. The maximum Gasteiger partial charge on any atom is 0.303 e. The van der Waals surface area contributed by atoms with Crippen molar-refractivity contribution in [3.05, 3.63) is 60.2 Å². The molecule has 2 aromatic carbocycles. The number of hydrogen-bond acceptors (Lipinski definition) is 5. The number of imide groups is 1. The van der Waals surface area contributed by atoms with Gasteiger partial charge in [0.05, 0.1) is 17.5 Å². The van der Waals surface area contributed by atoms with Gasteiger partial charge in [0.1, 0.15) is 5.54 Å². The number of para-hydroxylation sites is 2. The van der Waals surface area contributed by atoms with Crippen molar-refractivity contribution in [3.8, 4) is 0 Å². The molecule has 3 aliphatic heterocycles. The van der Waals surface area contributed by atoms with Crippen LogP contribution >= 0.6 is 0 Å². The summed E-state index contributed by atoms with van der Waals surface area (Å²) in [5.74, 6) is -3.91. The Labute approximate surface area is 178 Å². The molecule has 0 saturated carbocycles. The van der Waals surface area contributed by atoms with Crippen LogP contribution in [0.5, 0.6) is 0 Å². The van der Waals surface area contributed by atoms with Crippen LogP contribution in [0, 0.1) is 11.8 Å². The van der Waals surface area contributed by atoms with Crippen molar-refractivity contribution in [3.63, 3.8) is 0 Å². The van der Waals surface area contributed by atoms with Gasteiger partial charge in [0.25, 0.3) is 5.91 Å². The highest BCUT2D eigenvalue weighted by Gasteiger charge is 2.71. The molecule has 2 N–H and O–H groups in total. The average molecular weight is 419 g/mol. The molecular formula is C23H21N3O5. The van der Waals surface area contributed by atoms with Crippen molar-refractivity contribution >= 4 is 35.1 Å². The molecule has 3 heterocycles. The van der Waals surface area contributed by atoms with Gasteiger partial charge in [-0.2, -0.15) is 0 Å². The van der Waals surface area contributed by atoms with Crippen molar-refractivity contribution in [2.75, 3.05) is 16.8 Å². The summed E-state index contributed by atoms with van der Waals surface area (Å²) in [5.41, 5.74) is 0.378. The quantitative estimate of drug-likeness (QED) is 0.728. The molecule has 2 saturated heterocycles. The van der Waals surface area contributed by atoms with Crippen molar-refractivity contribution in [2.45, 2.75) is 24.4 Å². The minimum Gasteiger partial charge on any atom is -0.481 e. The monoisotopic (exact) mass is 419 g/mol. The van der Waals surface area contributed by atoms with E-state index in [1.165, 1.54) is 4.90 Å². The summed E-state index contributed by atoms with van der Waals surface area (Å²) in [5, 5.41) is 12.5. The lowest BCUT2D eigenvalue weighted by molar-refractivity contribution is -0.137. The molecule has 0 aliphatic carbocycles. The Morgan fingerprint density at radius 1 is 1.03 bits per heavy atom.